The predicted octanol–water partition coefficient (Wildman–Crippen LogP) is 3.28. The van der Waals surface area contributed by atoms with Crippen molar-refractivity contribution in [3.05, 3.63) is 0 Å². The second-order valence-electron chi connectivity index (χ2n) is 7.02. The topological polar surface area (TPSA) is 36.9 Å². The van der Waals surface area contributed by atoms with Gasteiger partial charge >= 0.3 is 0 Å². The summed E-state index contributed by atoms with van der Waals surface area (Å²) in [5, 5.41) is 3.46. The van der Waals surface area contributed by atoms with Crippen LogP contribution in [0.1, 0.15) is 58.3 Å². The van der Waals surface area contributed by atoms with E-state index in [1.807, 2.05) is 0 Å². The molecule has 0 aromatic rings. The van der Waals surface area contributed by atoms with Gasteiger partial charge in [-0.3, -0.25) is 4.99 Å². The molecule has 2 fully saturated rings. The van der Waals surface area contributed by atoms with Gasteiger partial charge in [0, 0.05) is 39.2 Å². The highest BCUT2D eigenvalue weighted by Gasteiger charge is 2.19. The Morgan fingerprint density at radius 3 is 2.45 bits per heavy atom. The van der Waals surface area contributed by atoms with Crippen molar-refractivity contribution in [1.82, 2.24) is 10.2 Å². The maximum atomic E-state index is 5.49. The molecule has 0 bridgehead atoms. The van der Waals surface area contributed by atoms with E-state index in [-0.39, 0.29) is 0 Å². The fourth-order valence-electron chi connectivity index (χ4n) is 3.61. The number of hydrogen-bond donors (Lipinski definition) is 1. The van der Waals surface area contributed by atoms with Crippen LogP contribution in [0.5, 0.6) is 0 Å². The molecule has 0 spiro atoms. The Hall–Kier alpha value is -0.770. The molecular weight excluding hydrogens is 274 g/mol. The predicted molar refractivity (Wildman–Crippen MR) is 93.3 cm³/mol. The largest absolute Gasteiger partial charge is 0.381 e. The molecule has 1 N–H and O–H groups in total. The van der Waals surface area contributed by atoms with Gasteiger partial charge in [-0.1, -0.05) is 32.1 Å². The Labute approximate surface area is 136 Å². The van der Waals surface area contributed by atoms with E-state index in [0.717, 1.165) is 44.7 Å². The van der Waals surface area contributed by atoms with E-state index in [4.69, 9.17) is 9.73 Å². The zero-order chi connectivity index (χ0) is 15.6. The molecule has 128 valence electrons. The van der Waals surface area contributed by atoms with Gasteiger partial charge in [0.25, 0.3) is 0 Å². The van der Waals surface area contributed by atoms with Gasteiger partial charge in [-0.05, 0) is 32.1 Å². The van der Waals surface area contributed by atoms with E-state index in [0.29, 0.717) is 5.92 Å². The van der Waals surface area contributed by atoms with Crippen LogP contribution in [-0.2, 0) is 4.74 Å². The van der Waals surface area contributed by atoms with Crippen LogP contribution in [-0.4, -0.2) is 50.8 Å². The van der Waals surface area contributed by atoms with E-state index < -0.39 is 0 Å². The van der Waals surface area contributed by atoms with E-state index in [1.165, 1.54) is 51.4 Å². The van der Waals surface area contributed by atoms with E-state index in [9.17, 15) is 0 Å². The third-order valence-electron chi connectivity index (χ3n) is 4.98. The first kappa shape index (κ1) is 17.6. The highest BCUT2D eigenvalue weighted by molar-refractivity contribution is 5.79. The van der Waals surface area contributed by atoms with Crippen LogP contribution in [0.25, 0.3) is 0 Å². The minimum atomic E-state index is 0.662. The molecule has 1 unspecified atom stereocenters. The molecule has 0 aromatic carbocycles. The smallest absolute Gasteiger partial charge is 0.193 e. The highest BCUT2D eigenvalue weighted by Crippen LogP contribution is 2.22. The van der Waals surface area contributed by atoms with Gasteiger partial charge in [0.15, 0.2) is 5.96 Å². The first-order valence-corrected chi connectivity index (χ1v) is 9.36. The van der Waals surface area contributed by atoms with Crippen molar-refractivity contribution in [2.45, 2.75) is 58.3 Å². The molecule has 2 rings (SSSR count). The lowest BCUT2D eigenvalue weighted by Gasteiger charge is -2.25. The van der Waals surface area contributed by atoms with Crippen molar-refractivity contribution in [2.24, 2.45) is 16.8 Å². The molecule has 4 heteroatoms. The maximum Gasteiger partial charge on any atom is 0.193 e. The summed E-state index contributed by atoms with van der Waals surface area (Å²) in [7, 11) is 2.16. The number of nitrogens with zero attached hydrogens (tertiary/aromatic N) is 2. The van der Waals surface area contributed by atoms with Crippen LogP contribution in [0.15, 0.2) is 4.99 Å². The second kappa shape index (κ2) is 10.1. The van der Waals surface area contributed by atoms with Gasteiger partial charge in [0.1, 0.15) is 0 Å². The van der Waals surface area contributed by atoms with Crippen LogP contribution >= 0.6 is 0 Å². The van der Waals surface area contributed by atoms with Gasteiger partial charge in [-0.15, -0.1) is 0 Å². The molecule has 1 aliphatic heterocycles. The summed E-state index contributed by atoms with van der Waals surface area (Å²) in [5.41, 5.74) is 0. The van der Waals surface area contributed by atoms with Crippen molar-refractivity contribution >= 4 is 5.96 Å². The fraction of sp³-hybridized carbons (Fsp3) is 0.944. The standard InChI is InChI=1S/C18H35N3O/c1-3-19-18(21(2)14-17-11-12-22-15-17)20-13-16-9-7-5-4-6-8-10-16/h16-17H,3-15H2,1-2H3,(H,19,20). The minimum Gasteiger partial charge on any atom is -0.381 e. The molecule has 4 nitrogen and oxygen atoms in total. The molecule has 2 aliphatic rings. The highest BCUT2D eigenvalue weighted by atomic mass is 16.5. The number of hydrogen-bond acceptors (Lipinski definition) is 2. The monoisotopic (exact) mass is 309 g/mol. The molecule has 1 heterocycles. The molecule has 0 aromatic heterocycles. The third-order valence-corrected chi connectivity index (χ3v) is 4.98. The van der Waals surface area contributed by atoms with Crippen LogP contribution in [0.3, 0.4) is 0 Å². The number of nitrogens with one attached hydrogen (secondary N) is 1. The van der Waals surface area contributed by atoms with Crippen LogP contribution in [0.4, 0.5) is 0 Å². The molecule has 1 saturated carbocycles. The van der Waals surface area contributed by atoms with Gasteiger partial charge in [0.2, 0.25) is 0 Å². The van der Waals surface area contributed by atoms with Crippen molar-refractivity contribution in [3.8, 4) is 0 Å². The normalized spacial score (nSPS) is 24.8. The average Bonchev–Trinajstić information content (AvgIpc) is 2.97. The fourth-order valence-corrected chi connectivity index (χ4v) is 3.61. The lowest BCUT2D eigenvalue weighted by atomic mass is 9.91. The van der Waals surface area contributed by atoms with Crippen molar-refractivity contribution in [2.75, 3.05) is 39.9 Å². The maximum absolute atomic E-state index is 5.49. The van der Waals surface area contributed by atoms with Gasteiger partial charge in [-0.2, -0.15) is 0 Å². The van der Waals surface area contributed by atoms with Crippen molar-refractivity contribution in [3.63, 3.8) is 0 Å². The van der Waals surface area contributed by atoms with Crippen molar-refractivity contribution < 1.29 is 4.74 Å². The minimum absolute atomic E-state index is 0.662. The lowest BCUT2D eigenvalue weighted by molar-refractivity contribution is 0.181. The van der Waals surface area contributed by atoms with Crippen molar-refractivity contribution in [1.29, 1.82) is 0 Å². The van der Waals surface area contributed by atoms with Gasteiger partial charge in [0.05, 0.1) is 6.61 Å². The summed E-state index contributed by atoms with van der Waals surface area (Å²) in [5.74, 6) is 2.53. The summed E-state index contributed by atoms with van der Waals surface area (Å²) >= 11 is 0. The molecule has 22 heavy (non-hydrogen) atoms. The summed E-state index contributed by atoms with van der Waals surface area (Å²) in [6.45, 7) is 6.97. The number of ether oxygens (including phenoxy) is 1. The first-order chi connectivity index (χ1) is 10.8. The molecule has 1 aliphatic carbocycles. The average molecular weight is 309 g/mol. The quantitative estimate of drug-likeness (QED) is 0.625. The molecule has 1 atom stereocenters. The van der Waals surface area contributed by atoms with Gasteiger partial charge in [-0.25, -0.2) is 0 Å². The SMILES string of the molecule is CCNC(=NCC1CCCCCCC1)N(C)CC1CCOC1. The Kier molecular flexibility index (Phi) is 8.06. The van der Waals surface area contributed by atoms with Gasteiger partial charge < -0.3 is 15.0 Å². The number of rotatable bonds is 5. The molecule has 0 amide bonds. The number of guanidine groups is 1. The Balaban J connectivity index is 1.84. The molecular formula is C18H35N3O. The Morgan fingerprint density at radius 1 is 1.09 bits per heavy atom. The third kappa shape index (κ3) is 6.15. The first-order valence-electron chi connectivity index (χ1n) is 9.36. The summed E-state index contributed by atoms with van der Waals surface area (Å²) < 4.78 is 5.49. The Bertz CT molecular complexity index is 318. The molecule has 1 saturated heterocycles. The zero-order valence-corrected chi connectivity index (χ0v) is 14.6. The van der Waals surface area contributed by atoms with E-state index in [2.05, 4.69) is 24.2 Å². The molecule has 0 radical (unpaired) electrons. The lowest BCUT2D eigenvalue weighted by Crippen LogP contribution is -2.41. The summed E-state index contributed by atoms with van der Waals surface area (Å²) in [6, 6.07) is 0. The second-order valence-corrected chi connectivity index (χ2v) is 7.02. The zero-order valence-electron chi connectivity index (χ0n) is 14.6. The number of aliphatic imine (C=N–C) groups is 1. The summed E-state index contributed by atoms with van der Waals surface area (Å²) in [6.07, 6.45) is 11.0. The summed E-state index contributed by atoms with van der Waals surface area (Å²) in [4.78, 5) is 7.24. The van der Waals surface area contributed by atoms with Crippen LogP contribution < -0.4 is 5.32 Å². The van der Waals surface area contributed by atoms with E-state index >= 15 is 0 Å². The Morgan fingerprint density at radius 2 is 1.82 bits per heavy atom. The van der Waals surface area contributed by atoms with Crippen LogP contribution in [0, 0.1) is 11.8 Å². The van der Waals surface area contributed by atoms with Crippen LogP contribution in [0.2, 0.25) is 0 Å². The van der Waals surface area contributed by atoms with E-state index in [1.54, 1.807) is 0 Å².